The van der Waals surface area contributed by atoms with Gasteiger partial charge in [0.2, 0.25) is 0 Å². The molecule has 0 fully saturated rings. The third kappa shape index (κ3) is 2.54. The molecule has 2 unspecified atom stereocenters. The van der Waals surface area contributed by atoms with Gasteiger partial charge in [-0.15, -0.1) is 0 Å². The lowest BCUT2D eigenvalue weighted by Crippen LogP contribution is -2.38. The molecule has 5 nitrogen and oxygen atoms in total. The van der Waals surface area contributed by atoms with E-state index in [4.69, 9.17) is 9.47 Å². The van der Waals surface area contributed by atoms with Crippen LogP contribution in [0, 0.1) is 17.2 Å². The predicted molar refractivity (Wildman–Crippen MR) is 89.5 cm³/mol. The lowest BCUT2D eigenvalue weighted by Gasteiger charge is -2.37. The molecular formula is C19H20N2O3. The van der Waals surface area contributed by atoms with Crippen LogP contribution in [0.15, 0.2) is 41.2 Å². The maximum Gasteiger partial charge on any atom is 0.143 e. The lowest BCUT2D eigenvalue weighted by molar-refractivity contribution is -0.122. The van der Waals surface area contributed by atoms with Crippen molar-refractivity contribution in [3.63, 3.8) is 0 Å². The zero-order valence-corrected chi connectivity index (χ0v) is 14.1. The third-order valence-electron chi connectivity index (χ3n) is 4.71. The summed E-state index contributed by atoms with van der Waals surface area (Å²) >= 11 is 0. The number of nitriles is 1. The summed E-state index contributed by atoms with van der Waals surface area (Å²) in [7, 11) is 3.18. The SMILES string of the molecule is COc1ccc(C2C(C#N)=C(C)NC3=CCCC(=O)C32)c(OC)c1. The highest BCUT2D eigenvalue weighted by Gasteiger charge is 2.41. The van der Waals surface area contributed by atoms with Crippen LogP contribution in [0.4, 0.5) is 0 Å². The summed E-state index contributed by atoms with van der Waals surface area (Å²) in [4.78, 5) is 12.6. The van der Waals surface area contributed by atoms with E-state index < -0.39 is 0 Å². The molecule has 0 spiro atoms. The van der Waals surface area contributed by atoms with E-state index in [1.165, 1.54) is 0 Å². The number of allylic oxidation sites excluding steroid dienone is 4. The van der Waals surface area contributed by atoms with Crippen LogP contribution in [0.3, 0.4) is 0 Å². The Bertz CT molecular complexity index is 786. The molecular weight excluding hydrogens is 304 g/mol. The maximum absolute atomic E-state index is 12.6. The van der Waals surface area contributed by atoms with Gasteiger partial charge in [0.15, 0.2) is 0 Å². The molecule has 124 valence electrons. The molecule has 2 atom stereocenters. The zero-order valence-electron chi connectivity index (χ0n) is 14.1. The summed E-state index contributed by atoms with van der Waals surface area (Å²) in [5.74, 6) is 0.757. The van der Waals surface area contributed by atoms with Crippen LogP contribution in [0.25, 0.3) is 0 Å². The number of methoxy groups -OCH3 is 2. The van der Waals surface area contributed by atoms with Crippen LogP contribution in [-0.2, 0) is 4.79 Å². The number of carbonyl (C=O) groups excluding carboxylic acids is 1. The minimum atomic E-state index is -0.362. The molecule has 0 amide bonds. The number of nitrogens with zero attached hydrogens (tertiary/aromatic N) is 1. The van der Waals surface area contributed by atoms with Gasteiger partial charge in [0.1, 0.15) is 17.3 Å². The third-order valence-corrected chi connectivity index (χ3v) is 4.71. The van der Waals surface area contributed by atoms with Crippen LogP contribution < -0.4 is 14.8 Å². The summed E-state index contributed by atoms with van der Waals surface area (Å²) in [5, 5.41) is 12.9. The van der Waals surface area contributed by atoms with Gasteiger partial charge < -0.3 is 14.8 Å². The van der Waals surface area contributed by atoms with Crippen molar-refractivity contribution in [3.05, 3.63) is 46.8 Å². The average molecular weight is 324 g/mol. The highest BCUT2D eigenvalue weighted by molar-refractivity contribution is 5.87. The van der Waals surface area contributed by atoms with E-state index in [2.05, 4.69) is 17.5 Å². The van der Waals surface area contributed by atoms with Crippen LogP contribution in [0.5, 0.6) is 11.5 Å². The number of rotatable bonds is 3. The first-order valence-corrected chi connectivity index (χ1v) is 7.93. The Morgan fingerprint density at radius 1 is 1.25 bits per heavy atom. The Morgan fingerprint density at radius 3 is 2.71 bits per heavy atom. The van der Waals surface area contributed by atoms with Gasteiger partial charge in [-0.2, -0.15) is 5.26 Å². The van der Waals surface area contributed by atoms with Gasteiger partial charge in [-0.1, -0.05) is 12.1 Å². The minimum absolute atomic E-state index is 0.156. The number of carbonyl (C=O) groups is 1. The van der Waals surface area contributed by atoms with Gasteiger partial charge in [-0.25, -0.2) is 0 Å². The molecule has 0 saturated carbocycles. The van der Waals surface area contributed by atoms with E-state index in [0.29, 0.717) is 23.5 Å². The van der Waals surface area contributed by atoms with Crippen molar-refractivity contribution in [2.24, 2.45) is 5.92 Å². The fraction of sp³-hybridized carbons (Fsp3) is 0.368. The monoisotopic (exact) mass is 324 g/mol. The second-order valence-electron chi connectivity index (χ2n) is 6.00. The molecule has 1 aromatic carbocycles. The van der Waals surface area contributed by atoms with E-state index in [-0.39, 0.29) is 17.6 Å². The molecule has 1 aliphatic carbocycles. The molecule has 0 aromatic heterocycles. The number of Topliss-reactive ketones (excluding diaryl/α,β-unsaturated/α-hetero) is 1. The highest BCUT2D eigenvalue weighted by Crippen LogP contribution is 2.46. The summed E-state index contributed by atoms with van der Waals surface area (Å²) in [6, 6.07) is 7.80. The van der Waals surface area contributed by atoms with Gasteiger partial charge in [-0.05, 0) is 19.4 Å². The van der Waals surface area contributed by atoms with Crippen LogP contribution in [-0.4, -0.2) is 20.0 Å². The largest absolute Gasteiger partial charge is 0.497 e. The normalized spacial score (nSPS) is 22.9. The molecule has 1 aromatic rings. The van der Waals surface area contributed by atoms with E-state index >= 15 is 0 Å². The second-order valence-corrected chi connectivity index (χ2v) is 6.00. The number of ketones is 1. The Morgan fingerprint density at radius 2 is 2.04 bits per heavy atom. The number of hydrogen-bond acceptors (Lipinski definition) is 5. The summed E-state index contributed by atoms with van der Waals surface area (Å²) < 4.78 is 10.8. The van der Waals surface area contributed by atoms with Gasteiger partial charge in [0.05, 0.1) is 31.8 Å². The van der Waals surface area contributed by atoms with Crippen molar-refractivity contribution in [2.75, 3.05) is 14.2 Å². The van der Waals surface area contributed by atoms with Gasteiger partial charge in [-0.3, -0.25) is 4.79 Å². The van der Waals surface area contributed by atoms with Gasteiger partial charge >= 0.3 is 0 Å². The van der Waals surface area contributed by atoms with Crippen molar-refractivity contribution in [3.8, 4) is 17.6 Å². The molecule has 1 aliphatic heterocycles. The molecule has 0 radical (unpaired) electrons. The average Bonchev–Trinajstić information content (AvgIpc) is 2.60. The second kappa shape index (κ2) is 6.40. The maximum atomic E-state index is 12.6. The predicted octanol–water partition coefficient (Wildman–Crippen LogP) is 3.05. The smallest absolute Gasteiger partial charge is 0.143 e. The number of nitrogens with one attached hydrogen (secondary N) is 1. The first-order valence-electron chi connectivity index (χ1n) is 7.93. The summed E-state index contributed by atoms with van der Waals surface area (Å²) in [6.45, 7) is 1.87. The number of hydrogen-bond donors (Lipinski definition) is 1. The van der Waals surface area contributed by atoms with Crippen molar-refractivity contribution < 1.29 is 14.3 Å². The number of ether oxygens (including phenoxy) is 2. The zero-order chi connectivity index (χ0) is 17.3. The Balaban J connectivity index is 2.20. The van der Waals surface area contributed by atoms with Crippen LogP contribution in [0.2, 0.25) is 0 Å². The quantitative estimate of drug-likeness (QED) is 0.925. The van der Waals surface area contributed by atoms with E-state index in [1.54, 1.807) is 20.3 Å². The van der Waals surface area contributed by atoms with E-state index in [1.807, 2.05) is 19.1 Å². The standard InChI is InChI=1S/C19H20N2O3/c1-11-14(10-20)18(19-15(21-11)5-4-6-16(19)22)13-8-7-12(23-2)9-17(13)24-3/h5,7-9,18-19,21H,4,6H2,1-3H3. The fourth-order valence-corrected chi connectivity index (χ4v) is 3.57. The van der Waals surface area contributed by atoms with Crippen molar-refractivity contribution in [1.29, 1.82) is 5.26 Å². The summed E-state index contributed by atoms with van der Waals surface area (Å²) in [6.07, 6.45) is 3.30. The minimum Gasteiger partial charge on any atom is -0.497 e. The van der Waals surface area contributed by atoms with Crippen molar-refractivity contribution >= 4 is 5.78 Å². The Labute approximate surface area is 141 Å². The molecule has 5 heteroatoms. The first kappa shape index (κ1) is 16.1. The van der Waals surface area contributed by atoms with Crippen molar-refractivity contribution in [1.82, 2.24) is 5.32 Å². The van der Waals surface area contributed by atoms with Crippen LogP contribution >= 0.6 is 0 Å². The highest BCUT2D eigenvalue weighted by atomic mass is 16.5. The van der Waals surface area contributed by atoms with Gasteiger partial charge in [0.25, 0.3) is 0 Å². The first-order chi connectivity index (χ1) is 11.6. The number of fused-ring (bicyclic) bond motifs is 1. The van der Waals surface area contributed by atoms with Gasteiger partial charge in [0, 0.05) is 35.4 Å². The van der Waals surface area contributed by atoms with Crippen LogP contribution in [0.1, 0.15) is 31.2 Å². The topological polar surface area (TPSA) is 71.3 Å². The lowest BCUT2D eigenvalue weighted by atomic mass is 9.71. The Kier molecular flexibility index (Phi) is 4.30. The molecule has 1 N–H and O–H groups in total. The van der Waals surface area contributed by atoms with E-state index in [0.717, 1.165) is 23.4 Å². The molecule has 0 bridgehead atoms. The molecule has 3 rings (SSSR count). The molecule has 1 heterocycles. The summed E-state index contributed by atoms with van der Waals surface area (Å²) in [5.41, 5.74) is 3.10. The van der Waals surface area contributed by atoms with E-state index in [9.17, 15) is 10.1 Å². The molecule has 2 aliphatic rings. The molecule has 24 heavy (non-hydrogen) atoms. The fourth-order valence-electron chi connectivity index (χ4n) is 3.57. The Hall–Kier alpha value is -2.74. The van der Waals surface area contributed by atoms with Crippen molar-refractivity contribution in [2.45, 2.75) is 25.7 Å². The number of benzene rings is 1. The molecule has 0 saturated heterocycles.